The summed E-state index contributed by atoms with van der Waals surface area (Å²) in [5.41, 5.74) is 1.92. The molecular weight excluding hydrogens is 303 g/mol. The Kier molecular flexibility index (Phi) is 4.98. The fraction of sp³-hybridized carbons (Fsp3) is 0.200. The fourth-order valence-corrected chi connectivity index (χ4v) is 2.82. The van der Waals surface area contributed by atoms with E-state index in [9.17, 15) is 0 Å². The lowest BCUT2D eigenvalue weighted by atomic mass is 9.92. The molecule has 19 heavy (non-hydrogen) atoms. The van der Waals surface area contributed by atoms with Crippen LogP contribution in [0.2, 0.25) is 5.02 Å². The van der Waals surface area contributed by atoms with Gasteiger partial charge < -0.3 is 4.74 Å². The molecule has 0 heterocycles. The Morgan fingerprint density at radius 1 is 0.947 bits per heavy atom. The van der Waals surface area contributed by atoms with Crippen LogP contribution in [-0.4, -0.2) is 11.9 Å². The Balaban J connectivity index is 2.43. The van der Waals surface area contributed by atoms with Crippen molar-refractivity contribution in [3.05, 3.63) is 64.7 Å². The van der Waals surface area contributed by atoms with E-state index in [1.54, 1.807) is 7.11 Å². The van der Waals surface area contributed by atoms with Crippen LogP contribution in [0.5, 0.6) is 5.75 Å². The zero-order chi connectivity index (χ0) is 13.8. The second kappa shape index (κ2) is 6.51. The van der Waals surface area contributed by atoms with E-state index in [2.05, 4.69) is 0 Å². The van der Waals surface area contributed by atoms with Gasteiger partial charge in [0, 0.05) is 10.9 Å². The zero-order valence-corrected chi connectivity index (χ0v) is 12.6. The van der Waals surface area contributed by atoms with Crippen molar-refractivity contribution in [3.8, 4) is 5.75 Å². The Morgan fingerprint density at radius 2 is 1.58 bits per heavy atom. The van der Waals surface area contributed by atoms with E-state index in [-0.39, 0.29) is 5.92 Å². The molecule has 1 atom stereocenters. The van der Waals surface area contributed by atoms with Crippen molar-refractivity contribution >= 4 is 34.8 Å². The monoisotopic (exact) mass is 314 g/mol. The van der Waals surface area contributed by atoms with Gasteiger partial charge in [0.1, 0.15) is 10.6 Å². The molecule has 2 aromatic rings. The molecule has 0 bridgehead atoms. The van der Waals surface area contributed by atoms with Gasteiger partial charge in [-0.05, 0) is 29.3 Å². The number of methoxy groups -OCH3 is 1. The van der Waals surface area contributed by atoms with Gasteiger partial charge in [-0.3, -0.25) is 0 Å². The summed E-state index contributed by atoms with van der Waals surface area (Å²) in [6.45, 7) is 0. The van der Waals surface area contributed by atoms with Crippen molar-refractivity contribution in [2.24, 2.45) is 0 Å². The molecule has 0 saturated heterocycles. The number of rotatable bonds is 4. The van der Waals surface area contributed by atoms with E-state index in [0.29, 0.717) is 5.02 Å². The minimum atomic E-state index is -0.576. The lowest BCUT2D eigenvalue weighted by molar-refractivity contribution is 0.414. The van der Waals surface area contributed by atoms with Gasteiger partial charge in [-0.25, -0.2) is 0 Å². The van der Waals surface area contributed by atoms with Crippen LogP contribution in [0.3, 0.4) is 0 Å². The summed E-state index contributed by atoms with van der Waals surface area (Å²) in [6, 6.07) is 15.3. The first kappa shape index (κ1) is 14.5. The number of benzene rings is 2. The topological polar surface area (TPSA) is 9.23 Å². The molecule has 0 aliphatic carbocycles. The lowest BCUT2D eigenvalue weighted by Crippen LogP contribution is -2.09. The van der Waals surface area contributed by atoms with Crippen LogP contribution in [0.4, 0.5) is 0 Å². The maximum absolute atomic E-state index is 6.23. The quantitative estimate of drug-likeness (QED) is 0.697. The fourth-order valence-electron chi connectivity index (χ4n) is 2.00. The SMILES string of the molecule is COc1ccc([C@@H](c2ccccc2Cl)C(Cl)Cl)cc1. The molecule has 0 aliphatic heterocycles. The van der Waals surface area contributed by atoms with Gasteiger partial charge in [-0.1, -0.05) is 41.9 Å². The smallest absolute Gasteiger partial charge is 0.118 e. The highest BCUT2D eigenvalue weighted by atomic mass is 35.5. The van der Waals surface area contributed by atoms with E-state index in [1.165, 1.54) is 0 Å². The third-order valence-corrected chi connectivity index (χ3v) is 3.82. The Bertz CT molecular complexity index is 537. The average molecular weight is 316 g/mol. The van der Waals surface area contributed by atoms with Gasteiger partial charge in [0.05, 0.1) is 7.11 Å². The van der Waals surface area contributed by atoms with E-state index in [4.69, 9.17) is 39.5 Å². The molecule has 0 N–H and O–H groups in total. The molecule has 100 valence electrons. The van der Waals surface area contributed by atoms with E-state index in [1.807, 2.05) is 48.5 Å². The van der Waals surface area contributed by atoms with Crippen molar-refractivity contribution in [1.29, 1.82) is 0 Å². The summed E-state index contributed by atoms with van der Waals surface area (Å²) < 4.78 is 5.15. The molecule has 2 aromatic carbocycles. The number of alkyl halides is 2. The number of halogens is 3. The highest BCUT2D eigenvalue weighted by Gasteiger charge is 2.23. The van der Waals surface area contributed by atoms with E-state index in [0.717, 1.165) is 16.9 Å². The second-order valence-corrected chi connectivity index (χ2v) is 5.68. The van der Waals surface area contributed by atoms with Gasteiger partial charge in [0.2, 0.25) is 0 Å². The van der Waals surface area contributed by atoms with Crippen LogP contribution in [-0.2, 0) is 0 Å². The number of hydrogen-bond donors (Lipinski definition) is 0. The maximum atomic E-state index is 6.23. The van der Waals surface area contributed by atoms with Crippen LogP contribution < -0.4 is 4.74 Å². The molecule has 0 amide bonds. The van der Waals surface area contributed by atoms with Gasteiger partial charge in [0.15, 0.2) is 0 Å². The molecule has 1 nitrogen and oxygen atoms in total. The van der Waals surface area contributed by atoms with Crippen molar-refractivity contribution in [3.63, 3.8) is 0 Å². The van der Waals surface area contributed by atoms with Gasteiger partial charge >= 0.3 is 0 Å². The van der Waals surface area contributed by atoms with Crippen molar-refractivity contribution < 1.29 is 4.74 Å². The largest absolute Gasteiger partial charge is 0.497 e. The highest BCUT2D eigenvalue weighted by Crippen LogP contribution is 2.37. The summed E-state index contributed by atoms with van der Waals surface area (Å²) >= 11 is 18.5. The van der Waals surface area contributed by atoms with Crippen molar-refractivity contribution in [2.45, 2.75) is 10.8 Å². The minimum absolute atomic E-state index is 0.164. The summed E-state index contributed by atoms with van der Waals surface area (Å²) in [6.07, 6.45) is 0. The summed E-state index contributed by atoms with van der Waals surface area (Å²) in [5, 5.41) is 0.662. The van der Waals surface area contributed by atoms with Crippen LogP contribution in [0, 0.1) is 0 Å². The summed E-state index contributed by atoms with van der Waals surface area (Å²) in [5.74, 6) is 0.630. The first-order valence-electron chi connectivity index (χ1n) is 5.80. The Hall–Kier alpha value is -0.890. The van der Waals surface area contributed by atoms with E-state index < -0.39 is 4.84 Å². The molecule has 0 saturated carbocycles. The summed E-state index contributed by atoms with van der Waals surface area (Å²) in [4.78, 5) is -0.576. The van der Waals surface area contributed by atoms with Crippen LogP contribution >= 0.6 is 34.8 Å². The Labute approximate surface area is 128 Å². The van der Waals surface area contributed by atoms with Gasteiger partial charge in [0.25, 0.3) is 0 Å². The van der Waals surface area contributed by atoms with Crippen LogP contribution in [0.1, 0.15) is 17.0 Å². The normalized spacial score (nSPS) is 12.5. The standard InChI is InChI=1S/C15H13Cl3O/c1-19-11-8-6-10(7-9-11)14(15(17)18)12-4-2-3-5-13(12)16/h2-9,14-15H,1H3/t14-/m0/s1. The molecular formula is C15H13Cl3O. The molecule has 4 heteroatoms. The van der Waals surface area contributed by atoms with Gasteiger partial charge in [-0.15, -0.1) is 23.2 Å². The molecule has 0 aromatic heterocycles. The maximum Gasteiger partial charge on any atom is 0.118 e. The summed E-state index contributed by atoms with van der Waals surface area (Å²) in [7, 11) is 1.63. The molecule has 2 rings (SSSR count). The van der Waals surface area contributed by atoms with Crippen molar-refractivity contribution in [1.82, 2.24) is 0 Å². The molecule has 0 fully saturated rings. The minimum Gasteiger partial charge on any atom is -0.497 e. The first-order chi connectivity index (χ1) is 9.13. The molecule has 0 unspecified atom stereocenters. The average Bonchev–Trinajstić information content (AvgIpc) is 2.42. The Morgan fingerprint density at radius 3 is 2.11 bits per heavy atom. The first-order valence-corrected chi connectivity index (χ1v) is 7.05. The predicted molar refractivity (Wildman–Crippen MR) is 81.8 cm³/mol. The second-order valence-electron chi connectivity index (χ2n) is 4.11. The lowest BCUT2D eigenvalue weighted by Gasteiger charge is -2.20. The van der Waals surface area contributed by atoms with Crippen molar-refractivity contribution in [2.75, 3.05) is 7.11 Å². The van der Waals surface area contributed by atoms with E-state index >= 15 is 0 Å². The third-order valence-electron chi connectivity index (χ3n) is 2.97. The van der Waals surface area contributed by atoms with Crippen LogP contribution in [0.25, 0.3) is 0 Å². The molecule has 0 spiro atoms. The zero-order valence-electron chi connectivity index (χ0n) is 10.3. The van der Waals surface area contributed by atoms with Gasteiger partial charge in [-0.2, -0.15) is 0 Å². The third kappa shape index (κ3) is 3.36. The number of hydrogen-bond acceptors (Lipinski definition) is 1. The molecule has 0 aliphatic rings. The van der Waals surface area contributed by atoms with Crippen LogP contribution in [0.15, 0.2) is 48.5 Å². The predicted octanol–water partition coefficient (Wildman–Crippen LogP) is 5.28. The number of ether oxygens (including phenoxy) is 1. The molecule has 0 radical (unpaired) electrons. The highest BCUT2D eigenvalue weighted by molar-refractivity contribution is 6.45.